The molecule has 0 radical (unpaired) electrons. The Kier molecular flexibility index (Phi) is 4.57. The van der Waals surface area contributed by atoms with E-state index >= 15 is 0 Å². The summed E-state index contributed by atoms with van der Waals surface area (Å²) in [7, 11) is 3.83. The first-order valence-corrected chi connectivity index (χ1v) is 6.70. The zero-order chi connectivity index (χ0) is 14.9. The molecule has 1 fully saturated rings. The van der Waals surface area contributed by atoms with E-state index in [0.29, 0.717) is 19.5 Å². The summed E-state index contributed by atoms with van der Waals surface area (Å²) in [6.07, 6.45) is 0.0364. The summed E-state index contributed by atoms with van der Waals surface area (Å²) in [6.45, 7) is 0.959. The molecule has 1 heterocycles. The van der Waals surface area contributed by atoms with Crippen molar-refractivity contribution >= 4 is 5.69 Å². The Balaban J connectivity index is 2.32. The van der Waals surface area contributed by atoms with Crippen molar-refractivity contribution in [2.75, 3.05) is 32.1 Å². The number of β-amino-alcohol motifs (C(OH)–C–C–N with tert-alkyl or cyclic N) is 1. The van der Waals surface area contributed by atoms with Gasteiger partial charge in [-0.1, -0.05) is 6.07 Å². The normalized spacial score (nSPS) is 22.9. The molecule has 1 aromatic rings. The lowest BCUT2D eigenvalue weighted by molar-refractivity contribution is 0.191. The largest absolute Gasteiger partial charge is 0.391 e. The van der Waals surface area contributed by atoms with Gasteiger partial charge < -0.3 is 20.6 Å². The molecule has 2 rings (SSSR count). The van der Waals surface area contributed by atoms with Crippen molar-refractivity contribution in [1.29, 1.82) is 0 Å². The van der Waals surface area contributed by atoms with E-state index in [4.69, 9.17) is 5.73 Å². The number of aliphatic hydroxyl groups is 1. The predicted octanol–water partition coefficient (Wildman–Crippen LogP) is 0.925. The van der Waals surface area contributed by atoms with E-state index in [0.717, 1.165) is 0 Å². The molecule has 0 aromatic heterocycles. The second kappa shape index (κ2) is 6.03. The molecule has 0 spiro atoms. The fraction of sp³-hybridized carbons (Fsp3) is 0.571. The Morgan fingerprint density at radius 2 is 2.05 bits per heavy atom. The van der Waals surface area contributed by atoms with E-state index in [9.17, 15) is 13.9 Å². The van der Waals surface area contributed by atoms with Crippen LogP contribution in [0.1, 0.15) is 12.0 Å². The van der Waals surface area contributed by atoms with Crippen molar-refractivity contribution in [2.24, 2.45) is 5.73 Å². The maximum Gasteiger partial charge on any atom is 0.182 e. The summed E-state index contributed by atoms with van der Waals surface area (Å²) < 4.78 is 28.0. The molecule has 1 aromatic carbocycles. The molecule has 4 nitrogen and oxygen atoms in total. The van der Waals surface area contributed by atoms with Gasteiger partial charge in [0.15, 0.2) is 11.6 Å². The van der Waals surface area contributed by atoms with Gasteiger partial charge in [0.1, 0.15) is 0 Å². The molecule has 0 aliphatic carbocycles. The number of likely N-dealkylation sites (N-methyl/N-ethyl adjacent to an activating group) is 1. The lowest BCUT2D eigenvalue weighted by Gasteiger charge is -2.29. The maximum atomic E-state index is 14.2. The van der Waals surface area contributed by atoms with Crippen LogP contribution in [0, 0.1) is 11.6 Å². The minimum Gasteiger partial charge on any atom is -0.391 e. The number of nitrogens with zero attached hydrogens (tertiary/aromatic N) is 2. The van der Waals surface area contributed by atoms with Crippen LogP contribution in [0.15, 0.2) is 12.1 Å². The molecule has 20 heavy (non-hydrogen) atoms. The Morgan fingerprint density at radius 3 is 2.65 bits per heavy atom. The molecule has 0 amide bonds. The average molecular weight is 285 g/mol. The number of anilines is 1. The minimum absolute atomic E-state index is 0.0300. The van der Waals surface area contributed by atoms with Crippen molar-refractivity contribution < 1.29 is 13.9 Å². The van der Waals surface area contributed by atoms with E-state index in [1.807, 2.05) is 19.0 Å². The monoisotopic (exact) mass is 285 g/mol. The van der Waals surface area contributed by atoms with Crippen LogP contribution in [0.3, 0.4) is 0 Å². The SMILES string of the molecule is CN(C)CC1CC(O)CN1c1ccc(CN)c(F)c1F. The van der Waals surface area contributed by atoms with E-state index in [1.54, 1.807) is 11.0 Å². The van der Waals surface area contributed by atoms with Gasteiger partial charge in [0.25, 0.3) is 0 Å². The Labute approximate surface area is 117 Å². The molecule has 1 aliphatic rings. The predicted molar refractivity (Wildman–Crippen MR) is 74.6 cm³/mol. The molecule has 0 saturated carbocycles. The van der Waals surface area contributed by atoms with Crippen LogP contribution in [0.4, 0.5) is 14.5 Å². The molecular weight excluding hydrogens is 264 g/mol. The number of hydrogen-bond donors (Lipinski definition) is 2. The Hall–Kier alpha value is -1.24. The molecule has 6 heteroatoms. The van der Waals surface area contributed by atoms with Crippen LogP contribution >= 0.6 is 0 Å². The fourth-order valence-corrected chi connectivity index (χ4v) is 2.74. The first kappa shape index (κ1) is 15.2. The number of rotatable bonds is 4. The van der Waals surface area contributed by atoms with Crippen LogP contribution in [0.2, 0.25) is 0 Å². The van der Waals surface area contributed by atoms with Gasteiger partial charge in [-0.25, -0.2) is 8.78 Å². The molecular formula is C14H21F2N3O. The Bertz CT molecular complexity index is 482. The number of hydrogen-bond acceptors (Lipinski definition) is 4. The van der Waals surface area contributed by atoms with E-state index < -0.39 is 17.7 Å². The summed E-state index contributed by atoms with van der Waals surface area (Å²) in [5.74, 6) is -1.78. The lowest BCUT2D eigenvalue weighted by atomic mass is 10.1. The molecule has 3 N–H and O–H groups in total. The van der Waals surface area contributed by atoms with E-state index in [1.165, 1.54) is 6.07 Å². The van der Waals surface area contributed by atoms with Crippen LogP contribution in [0.25, 0.3) is 0 Å². The quantitative estimate of drug-likeness (QED) is 0.864. The summed E-state index contributed by atoms with van der Waals surface area (Å²) in [5, 5.41) is 9.81. The van der Waals surface area contributed by atoms with Crippen LogP contribution in [0.5, 0.6) is 0 Å². The van der Waals surface area contributed by atoms with Gasteiger partial charge in [-0.05, 0) is 26.6 Å². The summed E-state index contributed by atoms with van der Waals surface area (Å²) in [5.41, 5.74) is 5.73. The van der Waals surface area contributed by atoms with Crippen LogP contribution in [-0.2, 0) is 6.54 Å². The van der Waals surface area contributed by atoms with Gasteiger partial charge >= 0.3 is 0 Å². The minimum atomic E-state index is -0.894. The first-order chi connectivity index (χ1) is 9.43. The van der Waals surface area contributed by atoms with Crippen molar-refractivity contribution in [2.45, 2.75) is 25.1 Å². The third kappa shape index (κ3) is 2.92. The number of nitrogens with two attached hydrogens (primary N) is 1. The van der Waals surface area contributed by atoms with Gasteiger partial charge in [0.05, 0.1) is 11.8 Å². The van der Waals surface area contributed by atoms with E-state index in [-0.39, 0.29) is 23.8 Å². The van der Waals surface area contributed by atoms with Gasteiger partial charge in [0, 0.05) is 31.2 Å². The van der Waals surface area contributed by atoms with Crippen molar-refractivity contribution in [3.05, 3.63) is 29.3 Å². The molecule has 2 unspecified atom stereocenters. The van der Waals surface area contributed by atoms with Crippen molar-refractivity contribution in [3.8, 4) is 0 Å². The van der Waals surface area contributed by atoms with Gasteiger partial charge in [-0.2, -0.15) is 0 Å². The summed E-state index contributed by atoms with van der Waals surface area (Å²) in [6, 6.07) is 3.02. The molecule has 0 bridgehead atoms. The highest BCUT2D eigenvalue weighted by Gasteiger charge is 2.33. The van der Waals surface area contributed by atoms with Crippen molar-refractivity contribution in [3.63, 3.8) is 0 Å². The zero-order valence-electron chi connectivity index (χ0n) is 11.8. The summed E-state index contributed by atoms with van der Waals surface area (Å²) >= 11 is 0. The Morgan fingerprint density at radius 1 is 1.35 bits per heavy atom. The first-order valence-electron chi connectivity index (χ1n) is 6.70. The zero-order valence-corrected chi connectivity index (χ0v) is 11.8. The maximum absolute atomic E-state index is 14.2. The van der Waals surface area contributed by atoms with Gasteiger partial charge in [-0.3, -0.25) is 0 Å². The lowest BCUT2D eigenvalue weighted by Crippen LogP contribution is -2.38. The van der Waals surface area contributed by atoms with Gasteiger partial charge in [-0.15, -0.1) is 0 Å². The van der Waals surface area contributed by atoms with Crippen LogP contribution < -0.4 is 10.6 Å². The molecule has 1 aliphatic heterocycles. The third-order valence-electron chi connectivity index (χ3n) is 3.64. The van der Waals surface area contributed by atoms with Gasteiger partial charge in [0.2, 0.25) is 0 Å². The van der Waals surface area contributed by atoms with E-state index in [2.05, 4.69) is 0 Å². The van der Waals surface area contributed by atoms with Crippen LogP contribution in [-0.4, -0.2) is 49.3 Å². The summed E-state index contributed by atoms with van der Waals surface area (Å²) in [4.78, 5) is 3.71. The standard InChI is InChI=1S/C14H21F2N3O/c1-18(2)7-10-5-11(20)8-19(10)12-4-3-9(6-17)13(15)14(12)16/h3-4,10-11,20H,5-8,17H2,1-2H3. The average Bonchev–Trinajstić information content (AvgIpc) is 2.72. The number of benzene rings is 1. The fourth-order valence-electron chi connectivity index (χ4n) is 2.74. The second-order valence-corrected chi connectivity index (χ2v) is 5.53. The molecule has 112 valence electrons. The molecule has 2 atom stereocenters. The van der Waals surface area contributed by atoms with Crippen molar-refractivity contribution in [1.82, 2.24) is 4.90 Å². The topological polar surface area (TPSA) is 52.7 Å². The highest BCUT2D eigenvalue weighted by Crippen LogP contribution is 2.30. The second-order valence-electron chi connectivity index (χ2n) is 5.53. The number of halogens is 2. The highest BCUT2D eigenvalue weighted by molar-refractivity contribution is 5.52. The number of aliphatic hydroxyl groups excluding tert-OH is 1. The highest BCUT2D eigenvalue weighted by atomic mass is 19.2. The smallest absolute Gasteiger partial charge is 0.182 e. The third-order valence-corrected chi connectivity index (χ3v) is 3.64. The molecule has 1 saturated heterocycles.